The van der Waals surface area contributed by atoms with Crippen molar-refractivity contribution in [2.75, 3.05) is 26.2 Å². The number of carbonyl (C=O) groups excluding carboxylic acids is 2. The zero-order valence-corrected chi connectivity index (χ0v) is 10.9. The zero-order chi connectivity index (χ0) is 13.7. The second kappa shape index (κ2) is 6.29. The molecule has 6 heteroatoms. The van der Waals surface area contributed by atoms with Crippen LogP contribution in [0.1, 0.15) is 18.7 Å². The molecule has 2 N–H and O–H groups in total. The average molecular weight is 262 g/mol. The van der Waals surface area contributed by atoms with Gasteiger partial charge in [0, 0.05) is 32.4 Å². The number of hydrogen-bond acceptors (Lipinski definition) is 4. The van der Waals surface area contributed by atoms with E-state index in [9.17, 15) is 9.59 Å². The lowest BCUT2D eigenvalue weighted by Gasteiger charge is -2.27. The van der Waals surface area contributed by atoms with E-state index in [4.69, 9.17) is 0 Å². The minimum atomic E-state index is -0.569. The molecule has 6 nitrogen and oxygen atoms in total. The van der Waals surface area contributed by atoms with E-state index >= 15 is 0 Å². The van der Waals surface area contributed by atoms with Crippen LogP contribution in [-0.4, -0.2) is 47.9 Å². The number of nitrogens with zero attached hydrogens (tertiary/aromatic N) is 2. The van der Waals surface area contributed by atoms with Crippen molar-refractivity contribution in [1.29, 1.82) is 0 Å². The van der Waals surface area contributed by atoms with Gasteiger partial charge in [0.25, 0.3) is 0 Å². The van der Waals surface area contributed by atoms with Crippen LogP contribution in [-0.2, 0) is 9.59 Å². The minimum absolute atomic E-state index is 0.277. The highest BCUT2D eigenvalue weighted by atomic mass is 16.2. The number of piperazine rings is 1. The van der Waals surface area contributed by atoms with Crippen LogP contribution < -0.4 is 10.6 Å². The lowest BCUT2D eigenvalue weighted by molar-refractivity contribution is -0.146. The summed E-state index contributed by atoms with van der Waals surface area (Å²) in [6.07, 6.45) is 1.66. The maximum Gasteiger partial charge on any atom is 0.311 e. The fourth-order valence-electron chi connectivity index (χ4n) is 1.98. The van der Waals surface area contributed by atoms with Crippen molar-refractivity contribution in [3.63, 3.8) is 0 Å². The van der Waals surface area contributed by atoms with E-state index in [-0.39, 0.29) is 6.04 Å². The average Bonchev–Trinajstić information content (AvgIpc) is 2.48. The Morgan fingerprint density at radius 2 is 2.11 bits per heavy atom. The summed E-state index contributed by atoms with van der Waals surface area (Å²) in [4.78, 5) is 29.5. The second-order valence-electron chi connectivity index (χ2n) is 4.49. The van der Waals surface area contributed by atoms with Crippen LogP contribution in [0.15, 0.2) is 24.4 Å². The Hall–Kier alpha value is -1.95. The molecule has 2 rings (SSSR count). The highest BCUT2D eigenvalue weighted by Gasteiger charge is 2.24. The number of carbonyl (C=O) groups is 2. The molecule has 0 saturated carbocycles. The number of nitrogens with one attached hydrogen (secondary N) is 2. The van der Waals surface area contributed by atoms with E-state index in [1.54, 1.807) is 11.1 Å². The summed E-state index contributed by atoms with van der Waals surface area (Å²) in [6, 6.07) is 5.20. The molecule has 0 aromatic carbocycles. The molecular formula is C13H18N4O2. The van der Waals surface area contributed by atoms with Gasteiger partial charge >= 0.3 is 11.8 Å². The second-order valence-corrected chi connectivity index (χ2v) is 4.49. The lowest BCUT2D eigenvalue weighted by Crippen LogP contribution is -2.51. The van der Waals surface area contributed by atoms with Crippen LogP contribution in [0.25, 0.3) is 0 Å². The van der Waals surface area contributed by atoms with Crippen molar-refractivity contribution in [1.82, 2.24) is 20.5 Å². The van der Waals surface area contributed by atoms with Crippen molar-refractivity contribution in [3.05, 3.63) is 30.1 Å². The Morgan fingerprint density at radius 3 is 2.74 bits per heavy atom. The lowest BCUT2D eigenvalue weighted by atomic mass is 10.2. The summed E-state index contributed by atoms with van der Waals surface area (Å²) in [6.45, 7) is 4.42. The van der Waals surface area contributed by atoms with Crippen LogP contribution in [0, 0.1) is 0 Å². The van der Waals surface area contributed by atoms with Gasteiger partial charge in [0.1, 0.15) is 0 Å². The first kappa shape index (κ1) is 13.5. The SMILES string of the molecule is CC(NC(=O)C(=O)N1CCNCC1)c1ccccn1. The molecule has 1 fully saturated rings. The predicted molar refractivity (Wildman–Crippen MR) is 70.2 cm³/mol. The third-order valence-corrected chi connectivity index (χ3v) is 3.08. The van der Waals surface area contributed by atoms with Crippen molar-refractivity contribution in [3.8, 4) is 0 Å². The zero-order valence-electron chi connectivity index (χ0n) is 10.9. The van der Waals surface area contributed by atoms with E-state index < -0.39 is 11.8 Å². The number of aromatic nitrogens is 1. The van der Waals surface area contributed by atoms with Crippen LogP contribution in [0.2, 0.25) is 0 Å². The van der Waals surface area contributed by atoms with Gasteiger partial charge in [-0.25, -0.2) is 0 Å². The van der Waals surface area contributed by atoms with Crippen molar-refractivity contribution in [2.45, 2.75) is 13.0 Å². The molecule has 102 valence electrons. The monoisotopic (exact) mass is 262 g/mol. The standard InChI is InChI=1S/C13H18N4O2/c1-10(11-4-2-3-5-15-11)16-12(18)13(19)17-8-6-14-7-9-17/h2-5,10,14H,6-9H2,1H3,(H,16,18). The molecule has 0 radical (unpaired) electrons. The van der Waals surface area contributed by atoms with Crippen molar-refractivity contribution in [2.24, 2.45) is 0 Å². The Balaban J connectivity index is 1.91. The topological polar surface area (TPSA) is 74.3 Å². The summed E-state index contributed by atoms with van der Waals surface area (Å²) >= 11 is 0. The number of rotatable bonds is 2. The molecule has 1 unspecified atom stereocenters. The first-order chi connectivity index (χ1) is 9.18. The van der Waals surface area contributed by atoms with E-state index in [1.807, 2.05) is 25.1 Å². The molecule has 1 atom stereocenters. The molecule has 2 amide bonds. The molecule has 1 aliphatic heterocycles. The summed E-state index contributed by atoms with van der Waals surface area (Å²) in [5, 5.41) is 5.82. The van der Waals surface area contributed by atoms with E-state index in [0.717, 1.165) is 18.8 Å². The molecule has 2 heterocycles. The molecule has 0 aliphatic carbocycles. The fourth-order valence-corrected chi connectivity index (χ4v) is 1.98. The Bertz CT molecular complexity index is 443. The maximum atomic E-state index is 11.9. The molecule has 19 heavy (non-hydrogen) atoms. The predicted octanol–water partition coefficient (Wildman–Crippen LogP) is -0.309. The van der Waals surface area contributed by atoms with Gasteiger partial charge in [-0.3, -0.25) is 14.6 Å². The Labute approximate surface area is 112 Å². The number of hydrogen-bond donors (Lipinski definition) is 2. The van der Waals surface area contributed by atoms with Gasteiger partial charge in [0.2, 0.25) is 0 Å². The normalized spacial score (nSPS) is 16.8. The van der Waals surface area contributed by atoms with E-state index in [2.05, 4.69) is 15.6 Å². The molecule has 0 spiro atoms. The van der Waals surface area contributed by atoms with Crippen LogP contribution in [0.5, 0.6) is 0 Å². The van der Waals surface area contributed by atoms with Gasteiger partial charge in [-0.15, -0.1) is 0 Å². The first-order valence-electron chi connectivity index (χ1n) is 6.40. The molecule has 1 saturated heterocycles. The maximum absolute atomic E-state index is 11.9. The van der Waals surface area contributed by atoms with Gasteiger partial charge in [-0.2, -0.15) is 0 Å². The molecule has 1 aromatic rings. The third kappa shape index (κ3) is 3.51. The van der Waals surface area contributed by atoms with E-state index in [1.165, 1.54) is 0 Å². The largest absolute Gasteiger partial charge is 0.340 e. The quantitative estimate of drug-likeness (QED) is 0.717. The summed E-state index contributed by atoms with van der Waals surface area (Å²) in [5.74, 6) is -1.04. The highest BCUT2D eigenvalue weighted by molar-refractivity contribution is 6.35. The van der Waals surface area contributed by atoms with Crippen LogP contribution in [0.4, 0.5) is 0 Å². The Morgan fingerprint density at radius 1 is 1.37 bits per heavy atom. The molecule has 1 aliphatic rings. The Kier molecular flexibility index (Phi) is 4.46. The minimum Gasteiger partial charge on any atom is -0.340 e. The van der Waals surface area contributed by atoms with Gasteiger partial charge in [-0.1, -0.05) is 6.07 Å². The molecule has 1 aromatic heterocycles. The van der Waals surface area contributed by atoms with Gasteiger partial charge in [0.05, 0.1) is 11.7 Å². The van der Waals surface area contributed by atoms with Crippen LogP contribution in [0.3, 0.4) is 0 Å². The molecular weight excluding hydrogens is 244 g/mol. The smallest absolute Gasteiger partial charge is 0.311 e. The summed E-state index contributed by atoms with van der Waals surface area (Å²) in [5.41, 5.74) is 0.740. The highest BCUT2D eigenvalue weighted by Crippen LogP contribution is 2.07. The van der Waals surface area contributed by atoms with Crippen molar-refractivity contribution < 1.29 is 9.59 Å². The van der Waals surface area contributed by atoms with Crippen molar-refractivity contribution >= 4 is 11.8 Å². The van der Waals surface area contributed by atoms with Gasteiger partial charge in [0.15, 0.2) is 0 Å². The van der Waals surface area contributed by atoms with Crippen LogP contribution >= 0.6 is 0 Å². The summed E-state index contributed by atoms with van der Waals surface area (Å²) in [7, 11) is 0. The van der Waals surface area contributed by atoms with Gasteiger partial charge < -0.3 is 15.5 Å². The van der Waals surface area contributed by atoms with Gasteiger partial charge in [-0.05, 0) is 19.1 Å². The fraction of sp³-hybridized carbons (Fsp3) is 0.462. The first-order valence-corrected chi connectivity index (χ1v) is 6.40. The number of amides is 2. The summed E-state index contributed by atoms with van der Waals surface area (Å²) < 4.78 is 0. The third-order valence-electron chi connectivity index (χ3n) is 3.08. The molecule has 0 bridgehead atoms. The van der Waals surface area contributed by atoms with E-state index in [0.29, 0.717) is 13.1 Å². The number of pyridine rings is 1.